The van der Waals surface area contributed by atoms with Gasteiger partial charge in [-0.1, -0.05) is 0 Å². The van der Waals surface area contributed by atoms with E-state index in [4.69, 9.17) is 0 Å². The van der Waals surface area contributed by atoms with Crippen LogP contribution in [0.15, 0.2) is 18.6 Å². The molecular formula is C15H21N5. The zero-order chi connectivity index (χ0) is 14.1. The molecule has 106 valence electrons. The molecule has 0 spiro atoms. The van der Waals surface area contributed by atoms with Gasteiger partial charge in [-0.2, -0.15) is 0 Å². The summed E-state index contributed by atoms with van der Waals surface area (Å²) in [4.78, 5) is 15.9. The molecule has 20 heavy (non-hydrogen) atoms. The lowest BCUT2D eigenvalue weighted by Crippen LogP contribution is -2.29. The second kappa shape index (κ2) is 5.32. The lowest BCUT2D eigenvalue weighted by Gasteiger charge is -2.28. The molecule has 0 saturated carbocycles. The van der Waals surface area contributed by atoms with E-state index in [1.807, 2.05) is 37.1 Å². The summed E-state index contributed by atoms with van der Waals surface area (Å²) in [6.07, 6.45) is 8.02. The molecule has 1 fully saturated rings. The van der Waals surface area contributed by atoms with Gasteiger partial charge in [0.1, 0.15) is 11.5 Å². The number of imidazole rings is 1. The Bertz CT molecular complexity index is 579. The van der Waals surface area contributed by atoms with Crippen molar-refractivity contribution >= 4 is 0 Å². The molecule has 2 aromatic heterocycles. The van der Waals surface area contributed by atoms with Crippen LogP contribution in [0.5, 0.6) is 0 Å². The number of aromatic nitrogens is 4. The van der Waals surface area contributed by atoms with Crippen molar-refractivity contribution in [3.63, 3.8) is 0 Å². The molecule has 3 rings (SSSR count). The van der Waals surface area contributed by atoms with E-state index in [1.54, 1.807) is 0 Å². The van der Waals surface area contributed by atoms with E-state index in [2.05, 4.69) is 26.9 Å². The Morgan fingerprint density at radius 2 is 1.75 bits per heavy atom. The third-order valence-corrected chi connectivity index (χ3v) is 4.29. The fourth-order valence-corrected chi connectivity index (χ4v) is 2.73. The molecule has 1 aliphatic rings. The Labute approximate surface area is 119 Å². The van der Waals surface area contributed by atoms with Gasteiger partial charge in [-0.05, 0) is 39.9 Å². The minimum atomic E-state index is 0.557. The van der Waals surface area contributed by atoms with Crippen molar-refractivity contribution in [2.45, 2.75) is 25.7 Å². The Morgan fingerprint density at radius 1 is 1.00 bits per heavy atom. The van der Waals surface area contributed by atoms with E-state index in [9.17, 15) is 0 Å². The van der Waals surface area contributed by atoms with Crippen LogP contribution in [0.1, 0.15) is 30.3 Å². The highest BCUT2D eigenvalue weighted by atomic mass is 15.1. The third-order valence-electron chi connectivity index (χ3n) is 4.29. The van der Waals surface area contributed by atoms with Gasteiger partial charge in [0, 0.05) is 19.2 Å². The van der Waals surface area contributed by atoms with Crippen molar-refractivity contribution in [1.82, 2.24) is 24.4 Å². The highest BCUT2D eigenvalue weighted by molar-refractivity contribution is 5.52. The van der Waals surface area contributed by atoms with Crippen LogP contribution >= 0.6 is 0 Å². The van der Waals surface area contributed by atoms with Gasteiger partial charge < -0.3 is 9.47 Å². The van der Waals surface area contributed by atoms with Crippen LogP contribution in [-0.4, -0.2) is 44.6 Å². The Kier molecular flexibility index (Phi) is 3.53. The number of likely N-dealkylation sites (tertiary alicyclic amines) is 1. The number of hydrogen-bond acceptors (Lipinski definition) is 4. The number of piperidine rings is 1. The van der Waals surface area contributed by atoms with E-state index >= 15 is 0 Å². The van der Waals surface area contributed by atoms with Crippen LogP contribution in [0.25, 0.3) is 11.4 Å². The van der Waals surface area contributed by atoms with E-state index < -0.39 is 0 Å². The summed E-state index contributed by atoms with van der Waals surface area (Å²) in [5.74, 6) is 1.54. The molecule has 3 heterocycles. The molecule has 0 aliphatic carbocycles. The molecule has 0 radical (unpaired) electrons. The zero-order valence-corrected chi connectivity index (χ0v) is 12.4. The van der Waals surface area contributed by atoms with E-state index in [1.165, 1.54) is 12.8 Å². The van der Waals surface area contributed by atoms with E-state index in [-0.39, 0.29) is 0 Å². The van der Waals surface area contributed by atoms with Crippen molar-refractivity contribution < 1.29 is 0 Å². The van der Waals surface area contributed by atoms with Crippen molar-refractivity contribution in [2.75, 3.05) is 20.1 Å². The lowest BCUT2D eigenvalue weighted by atomic mass is 9.94. The standard InChI is InChI=1S/C15H21N5/c1-11-16-10-15(20(11)3)14-9-17-13(8-18-14)12-4-6-19(2)7-5-12/h8-10,12H,4-7H2,1-3H3. The van der Waals surface area contributed by atoms with Crippen LogP contribution in [0, 0.1) is 6.92 Å². The summed E-state index contributed by atoms with van der Waals surface area (Å²) in [6.45, 7) is 4.29. The van der Waals surface area contributed by atoms with Gasteiger partial charge in [0.2, 0.25) is 0 Å². The largest absolute Gasteiger partial charge is 0.330 e. The van der Waals surface area contributed by atoms with Gasteiger partial charge in [0.05, 0.1) is 23.8 Å². The maximum Gasteiger partial charge on any atom is 0.107 e. The second-order valence-corrected chi connectivity index (χ2v) is 5.65. The van der Waals surface area contributed by atoms with Crippen LogP contribution in [0.2, 0.25) is 0 Å². The van der Waals surface area contributed by atoms with E-state index in [0.29, 0.717) is 5.92 Å². The number of aryl methyl sites for hydroxylation is 1. The molecular weight excluding hydrogens is 250 g/mol. The molecule has 5 nitrogen and oxygen atoms in total. The molecule has 0 bridgehead atoms. The first-order chi connectivity index (χ1) is 9.65. The average molecular weight is 271 g/mol. The molecule has 0 N–H and O–H groups in total. The molecule has 1 saturated heterocycles. The summed E-state index contributed by atoms with van der Waals surface area (Å²) in [7, 11) is 4.18. The van der Waals surface area contributed by atoms with Crippen molar-refractivity contribution in [3.05, 3.63) is 30.1 Å². The quantitative estimate of drug-likeness (QED) is 0.838. The minimum absolute atomic E-state index is 0.557. The molecule has 0 unspecified atom stereocenters. The fraction of sp³-hybridized carbons (Fsp3) is 0.533. The predicted octanol–water partition coefficient (Wildman–Crippen LogP) is 1.99. The molecule has 2 aromatic rings. The summed E-state index contributed by atoms with van der Waals surface area (Å²) in [5, 5.41) is 0. The third kappa shape index (κ3) is 2.45. The Balaban J connectivity index is 1.79. The van der Waals surface area contributed by atoms with Gasteiger partial charge in [-0.15, -0.1) is 0 Å². The second-order valence-electron chi connectivity index (χ2n) is 5.65. The van der Waals surface area contributed by atoms with E-state index in [0.717, 1.165) is 36.0 Å². The summed E-state index contributed by atoms with van der Waals surface area (Å²) in [6, 6.07) is 0. The van der Waals surface area contributed by atoms with Crippen LogP contribution in [0.4, 0.5) is 0 Å². The summed E-state index contributed by atoms with van der Waals surface area (Å²) >= 11 is 0. The first kappa shape index (κ1) is 13.2. The molecule has 0 aromatic carbocycles. The lowest BCUT2D eigenvalue weighted by molar-refractivity contribution is 0.253. The predicted molar refractivity (Wildman–Crippen MR) is 78.4 cm³/mol. The topological polar surface area (TPSA) is 46.8 Å². The van der Waals surface area contributed by atoms with Crippen LogP contribution in [0.3, 0.4) is 0 Å². The summed E-state index contributed by atoms with van der Waals surface area (Å²) < 4.78 is 2.04. The summed E-state index contributed by atoms with van der Waals surface area (Å²) in [5.41, 5.74) is 3.04. The van der Waals surface area contributed by atoms with Gasteiger partial charge in [-0.25, -0.2) is 4.98 Å². The smallest absolute Gasteiger partial charge is 0.107 e. The highest BCUT2D eigenvalue weighted by Crippen LogP contribution is 2.26. The van der Waals surface area contributed by atoms with Crippen molar-refractivity contribution in [1.29, 1.82) is 0 Å². The highest BCUT2D eigenvalue weighted by Gasteiger charge is 2.20. The number of rotatable bonds is 2. The normalized spacial score (nSPS) is 17.6. The number of nitrogens with zero attached hydrogens (tertiary/aromatic N) is 5. The first-order valence-corrected chi connectivity index (χ1v) is 7.14. The first-order valence-electron chi connectivity index (χ1n) is 7.14. The van der Waals surface area contributed by atoms with Gasteiger partial charge in [0.25, 0.3) is 0 Å². The van der Waals surface area contributed by atoms with Crippen LogP contribution < -0.4 is 0 Å². The maximum absolute atomic E-state index is 4.63. The Morgan fingerprint density at radius 3 is 2.30 bits per heavy atom. The fourth-order valence-electron chi connectivity index (χ4n) is 2.73. The average Bonchev–Trinajstić information content (AvgIpc) is 2.80. The molecule has 1 aliphatic heterocycles. The van der Waals surface area contributed by atoms with Crippen molar-refractivity contribution in [2.24, 2.45) is 7.05 Å². The van der Waals surface area contributed by atoms with Gasteiger partial charge in [-0.3, -0.25) is 9.97 Å². The van der Waals surface area contributed by atoms with Gasteiger partial charge in [0.15, 0.2) is 0 Å². The monoisotopic (exact) mass is 271 g/mol. The SMILES string of the molecule is Cc1ncc(-c2cnc(C3CCN(C)CC3)cn2)n1C. The van der Waals surface area contributed by atoms with Crippen molar-refractivity contribution in [3.8, 4) is 11.4 Å². The maximum atomic E-state index is 4.63. The molecule has 0 atom stereocenters. The number of hydrogen-bond donors (Lipinski definition) is 0. The van der Waals surface area contributed by atoms with Gasteiger partial charge >= 0.3 is 0 Å². The van der Waals surface area contributed by atoms with Crippen LogP contribution in [-0.2, 0) is 7.05 Å². The minimum Gasteiger partial charge on any atom is -0.330 e. The molecule has 5 heteroatoms. The zero-order valence-electron chi connectivity index (χ0n) is 12.4. The molecule has 0 amide bonds. The Hall–Kier alpha value is -1.75.